The minimum absolute atomic E-state index is 0.0193. The quantitative estimate of drug-likeness (QED) is 0.787. The standard InChI is InChI=1S/C19H18Cl2N2O3/c20-14-6-7-15(21)16(10-14)22-18(24)11-17-19(25)26-9-8-23(17)12-13-4-2-1-3-5-13/h1-7,10,17H,8-9,11-12H2,(H,22,24)/t17-/m0/s1. The largest absolute Gasteiger partial charge is 0.463 e. The normalized spacial score (nSPS) is 17.6. The molecule has 1 atom stereocenters. The minimum Gasteiger partial charge on any atom is -0.463 e. The first-order valence-electron chi connectivity index (χ1n) is 8.22. The summed E-state index contributed by atoms with van der Waals surface area (Å²) >= 11 is 12.0. The van der Waals surface area contributed by atoms with E-state index in [9.17, 15) is 9.59 Å². The maximum atomic E-state index is 12.4. The molecule has 2 aromatic carbocycles. The molecule has 0 radical (unpaired) electrons. The van der Waals surface area contributed by atoms with Crippen molar-refractivity contribution < 1.29 is 14.3 Å². The van der Waals surface area contributed by atoms with Gasteiger partial charge in [-0.05, 0) is 23.8 Å². The number of anilines is 1. The van der Waals surface area contributed by atoms with E-state index >= 15 is 0 Å². The van der Waals surface area contributed by atoms with Gasteiger partial charge in [-0.3, -0.25) is 14.5 Å². The van der Waals surface area contributed by atoms with E-state index in [0.29, 0.717) is 35.4 Å². The third-order valence-electron chi connectivity index (χ3n) is 4.15. The van der Waals surface area contributed by atoms with E-state index in [1.807, 2.05) is 35.2 Å². The molecule has 1 amide bonds. The summed E-state index contributed by atoms with van der Waals surface area (Å²) in [4.78, 5) is 26.6. The summed E-state index contributed by atoms with van der Waals surface area (Å²) in [5, 5.41) is 3.56. The van der Waals surface area contributed by atoms with Crippen molar-refractivity contribution in [1.29, 1.82) is 0 Å². The summed E-state index contributed by atoms with van der Waals surface area (Å²) in [5.41, 5.74) is 1.49. The van der Waals surface area contributed by atoms with Crippen molar-refractivity contribution >= 4 is 40.8 Å². The second-order valence-electron chi connectivity index (χ2n) is 6.02. The van der Waals surface area contributed by atoms with Crippen LogP contribution in [0, 0.1) is 0 Å². The molecule has 26 heavy (non-hydrogen) atoms. The zero-order valence-electron chi connectivity index (χ0n) is 14.0. The first-order valence-corrected chi connectivity index (χ1v) is 8.98. The number of hydrogen-bond donors (Lipinski definition) is 1. The van der Waals surface area contributed by atoms with E-state index in [1.165, 1.54) is 0 Å². The molecule has 0 saturated carbocycles. The van der Waals surface area contributed by atoms with Crippen molar-refractivity contribution in [3.05, 3.63) is 64.1 Å². The molecule has 5 nitrogen and oxygen atoms in total. The number of hydrogen-bond acceptors (Lipinski definition) is 4. The van der Waals surface area contributed by atoms with Crippen LogP contribution in [0.3, 0.4) is 0 Å². The van der Waals surface area contributed by atoms with Gasteiger partial charge in [-0.25, -0.2) is 0 Å². The first kappa shape index (κ1) is 18.7. The van der Waals surface area contributed by atoms with E-state index < -0.39 is 6.04 Å². The third kappa shape index (κ3) is 4.75. The molecule has 2 aromatic rings. The molecule has 1 saturated heterocycles. The Labute approximate surface area is 161 Å². The molecule has 1 aliphatic heterocycles. The van der Waals surface area contributed by atoms with Gasteiger partial charge in [0.2, 0.25) is 5.91 Å². The molecule has 7 heteroatoms. The molecule has 0 spiro atoms. The minimum atomic E-state index is -0.637. The third-order valence-corrected chi connectivity index (χ3v) is 4.71. The molecule has 1 aliphatic rings. The van der Waals surface area contributed by atoms with Gasteiger partial charge in [0, 0.05) is 18.1 Å². The molecule has 3 rings (SSSR count). The average Bonchev–Trinajstić information content (AvgIpc) is 2.62. The summed E-state index contributed by atoms with van der Waals surface area (Å²) in [6, 6.07) is 14.0. The van der Waals surface area contributed by atoms with Crippen LogP contribution in [0.4, 0.5) is 5.69 Å². The number of esters is 1. The van der Waals surface area contributed by atoms with Gasteiger partial charge in [0.15, 0.2) is 0 Å². The summed E-state index contributed by atoms with van der Waals surface area (Å²) in [7, 11) is 0. The van der Waals surface area contributed by atoms with Crippen molar-refractivity contribution in [2.24, 2.45) is 0 Å². The molecule has 0 aliphatic carbocycles. The molecule has 1 fully saturated rings. The summed E-state index contributed by atoms with van der Waals surface area (Å²) in [6.07, 6.45) is -0.0193. The highest BCUT2D eigenvalue weighted by Crippen LogP contribution is 2.26. The molecule has 0 bridgehead atoms. The zero-order chi connectivity index (χ0) is 18.5. The lowest BCUT2D eigenvalue weighted by molar-refractivity contribution is -0.159. The topological polar surface area (TPSA) is 58.6 Å². The molecular formula is C19H18Cl2N2O3. The van der Waals surface area contributed by atoms with Crippen LogP contribution < -0.4 is 5.32 Å². The summed E-state index contributed by atoms with van der Waals surface area (Å²) in [5.74, 6) is -0.712. The first-order chi connectivity index (χ1) is 12.5. The number of carbonyl (C=O) groups is 2. The Morgan fingerprint density at radius 3 is 2.73 bits per heavy atom. The van der Waals surface area contributed by atoms with E-state index in [0.717, 1.165) is 5.56 Å². The van der Waals surface area contributed by atoms with Crippen LogP contribution in [-0.4, -0.2) is 36.0 Å². The number of morpholine rings is 1. The van der Waals surface area contributed by atoms with E-state index in [2.05, 4.69) is 5.32 Å². The fraction of sp³-hybridized carbons (Fsp3) is 0.263. The van der Waals surface area contributed by atoms with Gasteiger partial charge in [-0.2, -0.15) is 0 Å². The monoisotopic (exact) mass is 392 g/mol. The Morgan fingerprint density at radius 2 is 1.96 bits per heavy atom. The Balaban J connectivity index is 1.69. The van der Waals surface area contributed by atoms with E-state index in [1.54, 1.807) is 18.2 Å². The predicted molar refractivity (Wildman–Crippen MR) is 101 cm³/mol. The molecule has 0 aromatic heterocycles. The van der Waals surface area contributed by atoms with Crippen LogP contribution >= 0.6 is 23.2 Å². The van der Waals surface area contributed by atoms with Crippen LogP contribution in [0.2, 0.25) is 10.0 Å². The lowest BCUT2D eigenvalue weighted by atomic mass is 10.1. The molecule has 0 unspecified atom stereocenters. The van der Waals surface area contributed by atoms with Gasteiger partial charge in [0.05, 0.1) is 17.1 Å². The Bertz CT molecular complexity index is 799. The number of nitrogens with zero attached hydrogens (tertiary/aromatic N) is 1. The van der Waals surface area contributed by atoms with Crippen LogP contribution in [0.25, 0.3) is 0 Å². The van der Waals surface area contributed by atoms with E-state index in [-0.39, 0.29) is 18.3 Å². The maximum absolute atomic E-state index is 12.4. The number of nitrogens with one attached hydrogen (secondary N) is 1. The fourth-order valence-electron chi connectivity index (χ4n) is 2.85. The Hall–Kier alpha value is -2.08. The predicted octanol–water partition coefficient (Wildman–Crippen LogP) is 3.75. The molecule has 136 valence electrons. The van der Waals surface area contributed by atoms with Gasteiger partial charge in [-0.1, -0.05) is 53.5 Å². The zero-order valence-corrected chi connectivity index (χ0v) is 15.5. The van der Waals surface area contributed by atoms with E-state index in [4.69, 9.17) is 27.9 Å². The summed E-state index contributed by atoms with van der Waals surface area (Å²) in [6.45, 7) is 1.48. The highest BCUT2D eigenvalue weighted by atomic mass is 35.5. The number of ether oxygens (including phenoxy) is 1. The highest BCUT2D eigenvalue weighted by molar-refractivity contribution is 6.35. The molecule has 1 heterocycles. The van der Waals surface area contributed by atoms with Crippen LogP contribution in [0.15, 0.2) is 48.5 Å². The van der Waals surface area contributed by atoms with Crippen LogP contribution in [0.5, 0.6) is 0 Å². The van der Waals surface area contributed by atoms with Gasteiger partial charge < -0.3 is 10.1 Å². The second-order valence-corrected chi connectivity index (χ2v) is 6.86. The average molecular weight is 393 g/mol. The Kier molecular flexibility index (Phi) is 6.14. The van der Waals surface area contributed by atoms with Gasteiger partial charge in [0.1, 0.15) is 12.6 Å². The second kappa shape index (κ2) is 8.54. The number of rotatable bonds is 5. The summed E-state index contributed by atoms with van der Waals surface area (Å²) < 4.78 is 5.14. The number of cyclic esters (lactones) is 1. The SMILES string of the molecule is O=C(C[C@H]1C(=O)OCCN1Cc1ccccc1)Nc1cc(Cl)ccc1Cl. The number of halogens is 2. The lowest BCUT2D eigenvalue weighted by Gasteiger charge is -2.33. The van der Waals surface area contributed by atoms with Crippen molar-refractivity contribution in [2.75, 3.05) is 18.5 Å². The highest BCUT2D eigenvalue weighted by Gasteiger charge is 2.33. The van der Waals surface area contributed by atoms with Crippen molar-refractivity contribution in [2.45, 2.75) is 19.0 Å². The van der Waals surface area contributed by atoms with Crippen LogP contribution in [-0.2, 0) is 20.9 Å². The number of carbonyl (C=O) groups excluding carboxylic acids is 2. The maximum Gasteiger partial charge on any atom is 0.323 e. The fourth-order valence-corrected chi connectivity index (χ4v) is 3.19. The smallest absolute Gasteiger partial charge is 0.323 e. The lowest BCUT2D eigenvalue weighted by Crippen LogP contribution is -2.49. The molecular weight excluding hydrogens is 375 g/mol. The van der Waals surface area contributed by atoms with Crippen molar-refractivity contribution in [1.82, 2.24) is 4.90 Å². The number of benzene rings is 2. The van der Waals surface area contributed by atoms with Gasteiger partial charge in [-0.15, -0.1) is 0 Å². The Morgan fingerprint density at radius 1 is 1.19 bits per heavy atom. The van der Waals surface area contributed by atoms with Crippen LogP contribution in [0.1, 0.15) is 12.0 Å². The van der Waals surface area contributed by atoms with Crippen molar-refractivity contribution in [3.63, 3.8) is 0 Å². The van der Waals surface area contributed by atoms with Crippen molar-refractivity contribution in [3.8, 4) is 0 Å². The van der Waals surface area contributed by atoms with Gasteiger partial charge >= 0.3 is 5.97 Å². The van der Waals surface area contributed by atoms with Gasteiger partial charge in [0.25, 0.3) is 0 Å². The molecule has 1 N–H and O–H groups in total. The number of amides is 1.